The van der Waals surface area contributed by atoms with Crippen molar-refractivity contribution >= 4 is 17.7 Å². The number of rotatable bonds is 1. The molecule has 0 spiro atoms. The molecule has 86 valence electrons. The van der Waals surface area contributed by atoms with E-state index in [2.05, 4.69) is 0 Å². The van der Waals surface area contributed by atoms with Gasteiger partial charge in [-0.05, 0) is 13.0 Å². The van der Waals surface area contributed by atoms with Crippen LogP contribution in [0.25, 0.3) is 0 Å². The van der Waals surface area contributed by atoms with E-state index in [-0.39, 0.29) is 16.5 Å². The van der Waals surface area contributed by atoms with Gasteiger partial charge in [0.2, 0.25) is 5.91 Å². The summed E-state index contributed by atoms with van der Waals surface area (Å²) < 4.78 is 26.3. The van der Waals surface area contributed by atoms with E-state index in [0.717, 1.165) is 6.07 Å². The number of hydrogen-bond acceptors (Lipinski definition) is 2. The molecule has 2 rings (SSSR count). The highest BCUT2D eigenvalue weighted by Gasteiger charge is 2.37. The molecule has 1 amide bonds. The summed E-state index contributed by atoms with van der Waals surface area (Å²) in [4.78, 5) is 13.1. The molecule has 2 atom stereocenters. The molecule has 1 fully saturated rings. The van der Waals surface area contributed by atoms with Crippen molar-refractivity contribution in [1.82, 2.24) is 4.90 Å². The summed E-state index contributed by atoms with van der Waals surface area (Å²) in [5, 5.41) is -0.539. The zero-order valence-electron chi connectivity index (χ0n) is 8.91. The minimum Gasteiger partial charge on any atom is -0.329 e. The molecule has 0 saturated carbocycles. The van der Waals surface area contributed by atoms with Crippen LogP contribution in [0.5, 0.6) is 0 Å². The lowest BCUT2D eigenvalue weighted by Gasteiger charge is -2.19. The number of benzene rings is 1. The predicted octanol–water partition coefficient (Wildman–Crippen LogP) is 2.56. The Kier molecular flexibility index (Phi) is 2.88. The summed E-state index contributed by atoms with van der Waals surface area (Å²) in [5.41, 5.74) is 0.353. The lowest BCUT2D eigenvalue weighted by Crippen LogP contribution is -2.26. The molecule has 1 heterocycles. The van der Waals surface area contributed by atoms with E-state index in [1.807, 2.05) is 0 Å². The molecule has 0 aliphatic carbocycles. The maximum absolute atomic E-state index is 13.5. The Morgan fingerprint density at radius 2 is 2.06 bits per heavy atom. The number of amides is 1. The summed E-state index contributed by atoms with van der Waals surface area (Å²) in [7, 11) is 1.63. The average Bonchev–Trinajstić information content (AvgIpc) is 2.46. The van der Waals surface area contributed by atoms with Crippen molar-refractivity contribution in [2.75, 3.05) is 7.05 Å². The van der Waals surface area contributed by atoms with Crippen LogP contribution in [-0.2, 0) is 4.79 Å². The monoisotopic (exact) mass is 243 g/mol. The van der Waals surface area contributed by atoms with Crippen molar-refractivity contribution in [3.63, 3.8) is 0 Å². The molecule has 1 aliphatic heterocycles. The van der Waals surface area contributed by atoms with Crippen LogP contribution >= 0.6 is 11.8 Å². The van der Waals surface area contributed by atoms with E-state index >= 15 is 0 Å². The zero-order valence-corrected chi connectivity index (χ0v) is 9.72. The van der Waals surface area contributed by atoms with Gasteiger partial charge in [0, 0.05) is 18.7 Å². The van der Waals surface area contributed by atoms with Gasteiger partial charge >= 0.3 is 0 Å². The summed E-state index contributed by atoms with van der Waals surface area (Å²) in [5.74, 6) is -1.24. The Hall–Kier alpha value is -1.10. The highest BCUT2D eigenvalue weighted by molar-refractivity contribution is 8.01. The van der Waals surface area contributed by atoms with Gasteiger partial charge < -0.3 is 4.90 Å². The number of halogens is 2. The lowest BCUT2D eigenvalue weighted by molar-refractivity contribution is -0.128. The van der Waals surface area contributed by atoms with Crippen molar-refractivity contribution < 1.29 is 13.6 Å². The third kappa shape index (κ3) is 1.80. The van der Waals surface area contributed by atoms with Crippen molar-refractivity contribution in [3.8, 4) is 0 Å². The molecule has 1 aliphatic rings. The van der Waals surface area contributed by atoms with Gasteiger partial charge in [0.1, 0.15) is 17.0 Å². The maximum atomic E-state index is 13.5. The lowest BCUT2D eigenvalue weighted by atomic mass is 10.2. The van der Waals surface area contributed by atoms with Crippen LogP contribution in [0.1, 0.15) is 17.9 Å². The highest BCUT2D eigenvalue weighted by Crippen LogP contribution is 2.42. The fourth-order valence-corrected chi connectivity index (χ4v) is 3.02. The number of thioether (sulfide) groups is 1. The third-order valence-corrected chi connectivity index (χ3v) is 4.05. The molecule has 2 unspecified atom stereocenters. The first-order valence-corrected chi connectivity index (χ1v) is 5.82. The van der Waals surface area contributed by atoms with Crippen LogP contribution in [0, 0.1) is 11.6 Å². The van der Waals surface area contributed by atoms with Gasteiger partial charge in [0.05, 0.1) is 5.25 Å². The molecule has 0 bridgehead atoms. The minimum absolute atomic E-state index is 0.0290. The van der Waals surface area contributed by atoms with Gasteiger partial charge in [-0.25, -0.2) is 8.78 Å². The van der Waals surface area contributed by atoms with Crippen LogP contribution in [0.3, 0.4) is 0 Å². The van der Waals surface area contributed by atoms with E-state index in [4.69, 9.17) is 0 Å². The first-order chi connectivity index (χ1) is 7.50. The molecule has 0 N–H and O–H groups in total. The fraction of sp³-hybridized carbons (Fsp3) is 0.364. The Morgan fingerprint density at radius 3 is 2.56 bits per heavy atom. The van der Waals surface area contributed by atoms with Crippen molar-refractivity contribution in [2.24, 2.45) is 0 Å². The Morgan fingerprint density at radius 1 is 1.38 bits per heavy atom. The van der Waals surface area contributed by atoms with Gasteiger partial charge in [-0.15, -0.1) is 11.8 Å². The molecular weight excluding hydrogens is 232 g/mol. The van der Waals surface area contributed by atoms with Crippen molar-refractivity contribution in [2.45, 2.75) is 17.5 Å². The molecular formula is C11H11F2NOS. The molecule has 1 aromatic carbocycles. The number of hydrogen-bond donors (Lipinski definition) is 0. The number of carbonyl (C=O) groups is 1. The molecule has 16 heavy (non-hydrogen) atoms. The Balaban J connectivity index is 2.35. The first kappa shape index (κ1) is 11.4. The second-order valence-corrected chi connectivity index (χ2v) is 5.17. The van der Waals surface area contributed by atoms with E-state index in [0.29, 0.717) is 5.56 Å². The van der Waals surface area contributed by atoms with Crippen LogP contribution in [0.2, 0.25) is 0 Å². The molecule has 1 saturated heterocycles. The maximum Gasteiger partial charge on any atom is 0.236 e. The Bertz CT molecular complexity index is 438. The van der Waals surface area contributed by atoms with Crippen LogP contribution in [-0.4, -0.2) is 23.1 Å². The number of carbonyl (C=O) groups excluding carboxylic acids is 1. The van der Waals surface area contributed by atoms with E-state index in [1.54, 1.807) is 14.0 Å². The highest BCUT2D eigenvalue weighted by atomic mass is 32.2. The van der Waals surface area contributed by atoms with E-state index < -0.39 is 11.6 Å². The molecule has 5 heteroatoms. The molecule has 0 radical (unpaired) electrons. The number of nitrogens with zero attached hydrogens (tertiary/aromatic N) is 1. The van der Waals surface area contributed by atoms with Crippen LogP contribution in [0.15, 0.2) is 18.2 Å². The first-order valence-electron chi connectivity index (χ1n) is 4.88. The predicted molar refractivity (Wildman–Crippen MR) is 58.9 cm³/mol. The third-order valence-electron chi connectivity index (χ3n) is 2.61. The fourth-order valence-electron chi connectivity index (χ4n) is 1.73. The average molecular weight is 243 g/mol. The van der Waals surface area contributed by atoms with Crippen molar-refractivity contribution in [3.05, 3.63) is 35.4 Å². The molecule has 1 aromatic rings. The van der Waals surface area contributed by atoms with E-state index in [1.165, 1.54) is 28.8 Å². The SMILES string of the molecule is CC1SC(c2ccc(F)cc2F)N(C)C1=O. The topological polar surface area (TPSA) is 20.3 Å². The summed E-state index contributed by atoms with van der Waals surface area (Å²) in [6.45, 7) is 1.78. The summed E-state index contributed by atoms with van der Waals surface area (Å²) in [6, 6.07) is 3.45. The minimum atomic E-state index is -0.605. The normalized spacial score (nSPS) is 25.2. The van der Waals surface area contributed by atoms with Crippen LogP contribution in [0.4, 0.5) is 8.78 Å². The largest absolute Gasteiger partial charge is 0.329 e. The smallest absolute Gasteiger partial charge is 0.236 e. The van der Waals surface area contributed by atoms with Gasteiger partial charge in [0.15, 0.2) is 0 Å². The van der Waals surface area contributed by atoms with Crippen molar-refractivity contribution in [1.29, 1.82) is 0 Å². The second kappa shape index (κ2) is 4.05. The molecule has 0 aromatic heterocycles. The van der Waals surface area contributed by atoms with Gasteiger partial charge in [-0.3, -0.25) is 4.79 Å². The zero-order chi connectivity index (χ0) is 11.9. The van der Waals surface area contributed by atoms with Gasteiger partial charge in [0.25, 0.3) is 0 Å². The Labute approximate surface area is 96.6 Å². The van der Waals surface area contributed by atoms with Crippen LogP contribution < -0.4 is 0 Å². The molecule has 2 nitrogen and oxygen atoms in total. The van der Waals surface area contributed by atoms with E-state index in [9.17, 15) is 13.6 Å². The van der Waals surface area contributed by atoms with Gasteiger partial charge in [-0.2, -0.15) is 0 Å². The summed E-state index contributed by atoms with van der Waals surface area (Å²) in [6.07, 6.45) is 0. The summed E-state index contributed by atoms with van der Waals surface area (Å²) >= 11 is 1.37. The van der Waals surface area contributed by atoms with Gasteiger partial charge in [-0.1, -0.05) is 6.07 Å². The quantitative estimate of drug-likeness (QED) is 0.755. The standard InChI is InChI=1S/C11H11F2NOS/c1-6-10(15)14(2)11(16-6)8-4-3-7(12)5-9(8)13/h3-6,11H,1-2H3. The second-order valence-electron chi connectivity index (χ2n) is 3.75.